The number of aryl methyl sites for hydroxylation is 4. The minimum atomic E-state index is 0.139. The molecule has 3 rings (SSSR count). The van der Waals surface area contributed by atoms with Crippen molar-refractivity contribution in [3.63, 3.8) is 0 Å². The third-order valence-corrected chi connectivity index (χ3v) is 5.63. The molecule has 0 aliphatic rings. The van der Waals surface area contributed by atoms with Crippen LogP contribution in [0.25, 0.3) is 11.0 Å². The third-order valence-electron chi connectivity index (χ3n) is 5.63. The number of hydrogen-bond acceptors (Lipinski definition) is 3. The maximum Gasteiger partial charge on any atom is 0.219 e. The van der Waals surface area contributed by atoms with Crippen molar-refractivity contribution in [1.29, 1.82) is 0 Å². The largest absolute Gasteiger partial charge is 0.494 e. The van der Waals surface area contributed by atoms with Gasteiger partial charge in [0.2, 0.25) is 5.91 Å². The Bertz CT molecular complexity index is 993. The van der Waals surface area contributed by atoms with Crippen LogP contribution in [0.2, 0.25) is 0 Å². The predicted octanol–water partition coefficient (Wildman–Crippen LogP) is 5.36. The molecule has 1 N–H and O–H groups in total. The van der Waals surface area contributed by atoms with Gasteiger partial charge in [-0.25, -0.2) is 4.98 Å². The number of nitrogens with one attached hydrogen (secondary N) is 1. The van der Waals surface area contributed by atoms with Gasteiger partial charge in [-0.05, 0) is 74.9 Å². The van der Waals surface area contributed by atoms with Gasteiger partial charge in [0.05, 0.1) is 17.6 Å². The predicted molar refractivity (Wildman–Crippen MR) is 127 cm³/mol. The van der Waals surface area contributed by atoms with Crippen molar-refractivity contribution in [2.24, 2.45) is 0 Å². The molecule has 0 saturated carbocycles. The van der Waals surface area contributed by atoms with E-state index in [1.54, 1.807) is 0 Å². The van der Waals surface area contributed by atoms with E-state index in [0.29, 0.717) is 19.6 Å². The highest BCUT2D eigenvalue weighted by atomic mass is 16.5. The summed E-state index contributed by atoms with van der Waals surface area (Å²) in [6.45, 7) is 8.59. The number of unbranched alkanes of at least 4 members (excludes halogenated alkanes) is 1. The van der Waals surface area contributed by atoms with E-state index in [2.05, 4.69) is 54.1 Å². The SMILES string of the molecule is CCCC(=O)NCCCc1nc2ccccc2n1CCCCOc1ccc(C)c(C)c1. The number of carbonyl (C=O) groups excluding carboxylic acids is 1. The Kier molecular flexibility index (Phi) is 8.51. The summed E-state index contributed by atoms with van der Waals surface area (Å²) in [5.74, 6) is 2.18. The molecular formula is C26H35N3O2. The fourth-order valence-electron chi connectivity index (χ4n) is 3.72. The van der Waals surface area contributed by atoms with Gasteiger partial charge in [-0.15, -0.1) is 0 Å². The van der Waals surface area contributed by atoms with Gasteiger partial charge < -0.3 is 14.6 Å². The number of imidazole rings is 1. The van der Waals surface area contributed by atoms with E-state index < -0.39 is 0 Å². The molecule has 166 valence electrons. The van der Waals surface area contributed by atoms with Gasteiger partial charge in [-0.3, -0.25) is 4.79 Å². The molecule has 0 bridgehead atoms. The Morgan fingerprint density at radius 3 is 2.71 bits per heavy atom. The lowest BCUT2D eigenvalue weighted by molar-refractivity contribution is -0.121. The zero-order valence-electron chi connectivity index (χ0n) is 19.1. The standard InChI is InChI=1S/C26H35N3O2/c1-4-10-26(30)27-16-9-13-25-28-23-11-5-6-12-24(23)29(25)17-7-8-18-31-22-15-14-20(2)21(3)19-22/h5-6,11-12,14-15,19H,4,7-10,13,16-18H2,1-3H3,(H,27,30). The average molecular weight is 422 g/mol. The quantitative estimate of drug-likeness (QED) is 0.401. The fourth-order valence-corrected chi connectivity index (χ4v) is 3.72. The number of benzene rings is 2. The highest BCUT2D eigenvalue weighted by Crippen LogP contribution is 2.19. The molecule has 1 aromatic heterocycles. The second-order valence-corrected chi connectivity index (χ2v) is 8.17. The Morgan fingerprint density at radius 2 is 1.90 bits per heavy atom. The molecule has 5 heteroatoms. The van der Waals surface area contributed by atoms with Gasteiger partial charge in [0, 0.05) is 25.9 Å². The molecule has 0 saturated heterocycles. The Balaban J connectivity index is 1.51. The van der Waals surface area contributed by atoms with Crippen LogP contribution < -0.4 is 10.1 Å². The zero-order valence-corrected chi connectivity index (χ0v) is 19.1. The molecule has 1 heterocycles. The van der Waals surface area contributed by atoms with Crippen LogP contribution in [0.1, 0.15) is 56.0 Å². The van der Waals surface area contributed by atoms with Gasteiger partial charge in [0.15, 0.2) is 0 Å². The Morgan fingerprint density at radius 1 is 1.06 bits per heavy atom. The van der Waals surface area contributed by atoms with Gasteiger partial charge in [-0.1, -0.05) is 25.1 Å². The molecule has 5 nitrogen and oxygen atoms in total. The molecule has 2 aromatic carbocycles. The van der Waals surface area contributed by atoms with Crippen LogP contribution in [0.3, 0.4) is 0 Å². The van der Waals surface area contributed by atoms with Gasteiger partial charge in [-0.2, -0.15) is 0 Å². The number of fused-ring (bicyclic) bond motifs is 1. The number of rotatable bonds is 12. The minimum Gasteiger partial charge on any atom is -0.494 e. The minimum absolute atomic E-state index is 0.139. The van der Waals surface area contributed by atoms with Gasteiger partial charge in [0.25, 0.3) is 0 Å². The summed E-state index contributed by atoms with van der Waals surface area (Å²) in [4.78, 5) is 16.5. The van der Waals surface area contributed by atoms with Crippen molar-refractivity contribution in [1.82, 2.24) is 14.9 Å². The highest BCUT2D eigenvalue weighted by molar-refractivity contribution is 5.76. The van der Waals surface area contributed by atoms with E-state index in [9.17, 15) is 4.79 Å². The maximum atomic E-state index is 11.7. The summed E-state index contributed by atoms with van der Waals surface area (Å²) in [6, 6.07) is 14.6. The van der Waals surface area contributed by atoms with Crippen LogP contribution >= 0.6 is 0 Å². The lowest BCUT2D eigenvalue weighted by atomic mass is 10.1. The van der Waals surface area contributed by atoms with Crippen LogP contribution in [0, 0.1) is 13.8 Å². The molecule has 0 spiro atoms. The summed E-state index contributed by atoms with van der Waals surface area (Å²) in [6.07, 6.45) is 5.27. The first-order chi connectivity index (χ1) is 15.1. The number of amides is 1. The van der Waals surface area contributed by atoms with Crippen molar-refractivity contribution in [2.45, 2.75) is 65.8 Å². The Labute approximate surface area is 185 Å². The monoisotopic (exact) mass is 421 g/mol. The first-order valence-corrected chi connectivity index (χ1v) is 11.5. The smallest absolute Gasteiger partial charge is 0.219 e. The number of ether oxygens (including phenoxy) is 1. The van der Waals surface area contributed by atoms with Crippen LogP contribution in [0.5, 0.6) is 5.75 Å². The number of hydrogen-bond donors (Lipinski definition) is 1. The third kappa shape index (κ3) is 6.58. The van der Waals surface area contributed by atoms with Crippen molar-refractivity contribution in [2.75, 3.05) is 13.2 Å². The molecule has 31 heavy (non-hydrogen) atoms. The van der Waals surface area contributed by atoms with E-state index in [0.717, 1.165) is 55.7 Å². The maximum absolute atomic E-state index is 11.7. The van der Waals surface area contributed by atoms with Gasteiger partial charge >= 0.3 is 0 Å². The summed E-state index contributed by atoms with van der Waals surface area (Å²) in [7, 11) is 0. The van der Waals surface area contributed by atoms with E-state index in [1.807, 2.05) is 19.1 Å². The molecule has 3 aromatic rings. The summed E-state index contributed by atoms with van der Waals surface area (Å²) >= 11 is 0. The number of nitrogens with zero attached hydrogens (tertiary/aromatic N) is 2. The van der Waals surface area contributed by atoms with Crippen molar-refractivity contribution < 1.29 is 9.53 Å². The number of aromatic nitrogens is 2. The zero-order chi connectivity index (χ0) is 22.1. The average Bonchev–Trinajstić information content (AvgIpc) is 3.11. The van der Waals surface area contributed by atoms with Crippen LogP contribution in [-0.2, 0) is 17.8 Å². The topological polar surface area (TPSA) is 56.2 Å². The number of para-hydroxylation sites is 2. The first kappa shape index (κ1) is 22.9. The molecule has 0 aliphatic heterocycles. The summed E-state index contributed by atoms with van der Waals surface area (Å²) in [5, 5.41) is 3.00. The molecular weight excluding hydrogens is 386 g/mol. The molecule has 0 unspecified atom stereocenters. The lowest BCUT2D eigenvalue weighted by Crippen LogP contribution is -2.24. The van der Waals surface area contributed by atoms with Crippen LogP contribution in [0.15, 0.2) is 42.5 Å². The van der Waals surface area contributed by atoms with Crippen molar-refractivity contribution in [3.05, 3.63) is 59.4 Å². The van der Waals surface area contributed by atoms with Crippen molar-refractivity contribution in [3.8, 4) is 5.75 Å². The van der Waals surface area contributed by atoms with Gasteiger partial charge in [0.1, 0.15) is 11.6 Å². The van der Waals surface area contributed by atoms with Crippen LogP contribution in [0.4, 0.5) is 0 Å². The van der Waals surface area contributed by atoms with E-state index in [4.69, 9.17) is 9.72 Å². The van der Waals surface area contributed by atoms with Crippen molar-refractivity contribution >= 4 is 16.9 Å². The van der Waals surface area contributed by atoms with E-state index in [-0.39, 0.29) is 5.91 Å². The second-order valence-electron chi connectivity index (χ2n) is 8.17. The molecule has 0 fully saturated rings. The normalized spacial score (nSPS) is 11.1. The molecule has 1 amide bonds. The highest BCUT2D eigenvalue weighted by Gasteiger charge is 2.10. The lowest BCUT2D eigenvalue weighted by Gasteiger charge is -2.11. The number of carbonyl (C=O) groups is 1. The second kappa shape index (κ2) is 11.5. The molecule has 0 atom stereocenters. The first-order valence-electron chi connectivity index (χ1n) is 11.5. The fraction of sp³-hybridized carbons (Fsp3) is 0.462. The Hall–Kier alpha value is -2.82. The summed E-state index contributed by atoms with van der Waals surface area (Å²) < 4.78 is 8.27. The van der Waals surface area contributed by atoms with Crippen LogP contribution in [-0.4, -0.2) is 28.6 Å². The van der Waals surface area contributed by atoms with E-state index >= 15 is 0 Å². The molecule has 0 radical (unpaired) electrons. The summed E-state index contributed by atoms with van der Waals surface area (Å²) in [5.41, 5.74) is 4.77. The molecule has 0 aliphatic carbocycles. The van der Waals surface area contributed by atoms with E-state index in [1.165, 1.54) is 16.6 Å².